The minimum atomic E-state index is 0.354. The Balaban J connectivity index is 1.79. The summed E-state index contributed by atoms with van der Waals surface area (Å²) in [6.45, 7) is 3.81. The standard InChI is InChI=1S/C13H26N2O/c14-13-6-2-1-5-12(13)9-15-7-3-4-11(8-15)10-16/h11-13,16H,1-10,14H2. The zero-order valence-electron chi connectivity index (χ0n) is 10.3. The number of nitrogens with two attached hydrogens (primary N) is 1. The van der Waals surface area contributed by atoms with Crippen molar-refractivity contribution in [2.45, 2.75) is 44.6 Å². The maximum atomic E-state index is 9.22. The van der Waals surface area contributed by atoms with Gasteiger partial charge in [-0.1, -0.05) is 12.8 Å². The molecule has 3 nitrogen and oxygen atoms in total. The number of piperidine rings is 1. The SMILES string of the molecule is NC1CCCCC1CN1CCCC(CO)C1. The van der Waals surface area contributed by atoms with E-state index in [4.69, 9.17) is 5.73 Å². The molecule has 1 saturated carbocycles. The summed E-state index contributed by atoms with van der Waals surface area (Å²) < 4.78 is 0. The van der Waals surface area contributed by atoms with Crippen LogP contribution in [0.1, 0.15) is 38.5 Å². The minimum Gasteiger partial charge on any atom is -0.396 e. The topological polar surface area (TPSA) is 49.5 Å². The summed E-state index contributed by atoms with van der Waals surface area (Å²) in [5.74, 6) is 1.21. The Labute approximate surface area is 99.0 Å². The summed E-state index contributed by atoms with van der Waals surface area (Å²) in [4.78, 5) is 2.53. The number of aliphatic hydroxyl groups is 1. The fourth-order valence-electron chi connectivity index (χ4n) is 3.26. The lowest BCUT2D eigenvalue weighted by atomic mass is 9.84. The van der Waals surface area contributed by atoms with Gasteiger partial charge in [-0.25, -0.2) is 0 Å². The molecule has 0 radical (unpaired) electrons. The van der Waals surface area contributed by atoms with E-state index in [0.29, 0.717) is 24.5 Å². The lowest BCUT2D eigenvalue weighted by Gasteiger charge is -2.37. The highest BCUT2D eigenvalue weighted by atomic mass is 16.3. The Kier molecular flexibility index (Phi) is 4.62. The molecule has 16 heavy (non-hydrogen) atoms. The first-order valence-electron chi connectivity index (χ1n) is 6.88. The van der Waals surface area contributed by atoms with Gasteiger partial charge in [0.2, 0.25) is 0 Å². The van der Waals surface area contributed by atoms with Crippen molar-refractivity contribution in [1.82, 2.24) is 4.90 Å². The molecule has 3 atom stereocenters. The Bertz CT molecular complexity index is 210. The van der Waals surface area contributed by atoms with E-state index in [1.54, 1.807) is 0 Å². The van der Waals surface area contributed by atoms with Crippen molar-refractivity contribution in [2.75, 3.05) is 26.2 Å². The lowest BCUT2D eigenvalue weighted by molar-refractivity contribution is 0.0964. The van der Waals surface area contributed by atoms with Gasteiger partial charge in [0.05, 0.1) is 0 Å². The van der Waals surface area contributed by atoms with Crippen LogP contribution in [0.3, 0.4) is 0 Å². The van der Waals surface area contributed by atoms with Crippen LogP contribution in [-0.4, -0.2) is 42.3 Å². The van der Waals surface area contributed by atoms with Crippen LogP contribution in [0.25, 0.3) is 0 Å². The molecule has 0 aromatic rings. The third-order valence-corrected chi connectivity index (χ3v) is 4.32. The second-order valence-corrected chi connectivity index (χ2v) is 5.66. The van der Waals surface area contributed by atoms with E-state index in [1.807, 2.05) is 0 Å². The molecular weight excluding hydrogens is 200 g/mol. The Morgan fingerprint density at radius 1 is 1.12 bits per heavy atom. The van der Waals surface area contributed by atoms with Crippen LogP contribution < -0.4 is 5.73 Å². The van der Waals surface area contributed by atoms with Crippen molar-refractivity contribution < 1.29 is 5.11 Å². The lowest BCUT2D eigenvalue weighted by Crippen LogP contribution is -2.45. The molecule has 1 aliphatic heterocycles. The molecule has 0 aromatic heterocycles. The molecule has 0 bridgehead atoms. The van der Waals surface area contributed by atoms with Crippen LogP contribution in [0, 0.1) is 11.8 Å². The largest absolute Gasteiger partial charge is 0.396 e. The summed E-state index contributed by atoms with van der Waals surface area (Å²) in [7, 11) is 0. The molecule has 2 rings (SSSR count). The smallest absolute Gasteiger partial charge is 0.0471 e. The highest BCUT2D eigenvalue weighted by molar-refractivity contribution is 4.82. The quantitative estimate of drug-likeness (QED) is 0.760. The number of nitrogens with zero attached hydrogens (tertiary/aromatic N) is 1. The minimum absolute atomic E-state index is 0.354. The number of aliphatic hydroxyl groups excluding tert-OH is 1. The molecule has 0 amide bonds. The normalized spacial score (nSPS) is 37.5. The van der Waals surface area contributed by atoms with E-state index in [0.717, 1.165) is 13.1 Å². The Morgan fingerprint density at radius 2 is 1.94 bits per heavy atom. The van der Waals surface area contributed by atoms with Gasteiger partial charge in [-0.2, -0.15) is 0 Å². The second-order valence-electron chi connectivity index (χ2n) is 5.66. The summed E-state index contributed by atoms with van der Waals surface area (Å²) in [6, 6.07) is 0.420. The second kappa shape index (κ2) is 5.99. The third-order valence-electron chi connectivity index (χ3n) is 4.32. The van der Waals surface area contributed by atoms with Gasteiger partial charge in [0.1, 0.15) is 0 Å². The van der Waals surface area contributed by atoms with Crippen molar-refractivity contribution in [2.24, 2.45) is 17.6 Å². The summed E-state index contributed by atoms with van der Waals surface area (Å²) in [5.41, 5.74) is 6.19. The van der Waals surface area contributed by atoms with E-state index in [1.165, 1.54) is 45.1 Å². The highest BCUT2D eigenvalue weighted by Gasteiger charge is 2.26. The van der Waals surface area contributed by atoms with Gasteiger partial charge in [0.15, 0.2) is 0 Å². The molecular formula is C13H26N2O. The van der Waals surface area contributed by atoms with E-state index < -0.39 is 0 Å². The average Bonchev–Trinajstić information content (AvgIpc) is 2.32. The number of hydrogen-bond acceptors (Lipinski definition) is 3. The van der Waals surface area contributed by atoms with Gasteiger partial charge < -0.3 is 15.7 Å². The van der Waals surface area contributed by atoms with Gasteiger partial charge in [0.25, 0.3) is 0 Å². The fraction of sp³-hybridized carbons (Fsp3) is 1.00. The van der Waals surface area contributed by atoms with Crippen molar-refractivity contribution in [3.63, 3.8) is 0 Å². The monoisotopic (exact) mass is 226 g/mol. The van der Waals surface area contributed by atoms with Crippen molar-refractivity contribution >= 4 is 0 Å². The molecule has 1 aliphatic carbocycles. The van der Waals surface area contributed by atoms with Crippen LogP contribution in [0.5, 0.6) is 0 Å². The molecule has 3 heteroatoms. The van der Waals surface area contributed by atoms with Crippen LogP contribution in [0.2, 0.25) is 0 Å². The maximum absolute atomic E-state index is 9.22. The van der Waals surface area contributed by atoms with Crippen LogP contribution in [0.4, 0.5) is 0 Å². The predicted molar refractivity (Wildman–Crippen MR) is 66.2 cm³/mol. The molecule has 0 aromatic carbocycles. The molecule has 3 N–H and O–H groups in total. The van der Waals surface area contributed by atoms with Gasteiger partial charge in [-0.3, -0.25) is 0 Å². The molecule has 2 fully saturated rings. The summed E-state index contributed by atoms with van der Waals surface area (Å²) in [5, 5.41) is 9.22. The molecule has 3 unspecified atom stereocenters. The first kappa shape index (κ1) is 12.3. The van der Waals surface area contributed by atoms with Crippen LogP contribution in [0.15, 0.2) is 0 Å². The maximum Gasteiger partial charge on any atom is 0.0471 e. The summed E-state index contributed by atoms with van der Waals surface area (Å²) in [6.07, 6.45) is 7.63. The first-order chi connectivity index (χ1) is 7.79. The fourth-order valence-corrected chi connectivity index (χ4v) is 3.26. The van der Waals surface area contributed by atoms with Crippen LogP contribution >= 0.6 is 0 Å². The zero-order valence-corrected chi connectivity index (χ0v) is 10.3. The van der Waals surface area contributed by atoms with Gasteiger partial charge >= 0.3 is 0 Å². The number of rotatable bonds is 3. The molecule has 94 valence electrons. The Hall–Kier alpha value is -0.120. The highest BCUT2D eigenvalue weighted by Crippen LogP contribution is 2.25. The Morgan fingerprint density at radius 3 is 2.69 bits per heavy atom. The molecule has 1 heterocycles. The molecule has 1 saturated heterocycles. The van der Waals surface area contributed by atoms with Crippen molar-refractivity contribution in [1.29, 1.82) is 0 Å². The first-order valence-corrected chi connectivity index (χ1v) is 6.88. The number of likely N-dealkylation sites (tertiary alicyclic amines) is 1. The van der Waals surface area contributed by atoms with Gasteiger partial charge in [-0.05, 0) is 44.1 Å². The molecule has 2 aliphatic rings. The van der Waals surface area contributed by atoms with Crippen LogP contribution in [-0.2, 0) is 0 Å². The molecule has 0 spiro atoms. The predicted octanol–water partition coefficient (Wildman–Crippen LogP) is 1.21. The zero-order chi connectivity index (χ0) is 11.4. The van der Waals surface area contributed by atoms with E-state index >= 15 is 0 Å². The van der Waals surface area contributed by atoms with Crippen molar-refractivity contribution in [3.05, 3.63) is 0 Å². The average molecular weight is 226 g/mol. The third kappa shape index (κ3) is 3.19. The summed E-state index contributed by atoms with van der Waals surface area (Å²) >= 11 is 0. The van der Waals surface area contributed by atoms with E-state index in [9.17, 15) is 5.11 Å². The van der Waals surface area contributed by atoms with E-state index in [-0.39, 0.29) is 0 Å². The van der Waals surface area contributed by atoms with E-state index in [2.05, 4.69) is 4.90 Å². The van der Waals surface area contributed by atoms with Gasteiger partial charge in [0, 0.05) is 25.7 Å². The number of hydrogen-bond donors (Lipinski definition) is 2. The van der Waals surface area contributed by atoms with Crippen molar-refractivity contribution in [3.8, 4) is 0 Å². The van der Waals surface area contributed by atoms with Gasteiger partial charge in [-0.15, -0.1) is 0 Å².